The molecule has 244 valence electrons. The van der Waals surface area contributed by atoms with Crippen LogP contribution in [0.3, 0.4) is 0 Å². The third-order valence-electron chi connectivity index (χ3n) is 7.25. The lowest BCUT2D eigenvalue weighted by atomic mass is 10.0. The van der Waals surface area contributed by atoms with Gasteiger partial charge in [0.1, 0.15) is 23.2 Å². The Morgan fingerprint density at radius 1 is 0.978 bits per heavy atom. The number of nitrogens with zero attached hydrogens (tertiary/aromatic N) is 3. The molecule has 2 N–H and O–H groups in total. The third-order valence-corrected chi connectivity index (χ3v) is 7.25. The zero-order chi connectivity index (χ0) is 33.5. The molecular weight excluding hydrogens is 631 g/mol. The number of nitrogens with one attached hydrogen (secondary N) is 1. The van der Waals surface area contributed by atoms with Crippen LogP contribution >= 0.6 is 9.24 Å². The second-order valence-corrected chi connectivity index (χ2v) is 10.9. The summed E-state index contributed by atoms with van der Waals surface area (Å²) in [4.78, 5) is 52.1. The number of halogens is 4. The van der Waals surface area contributed by atoms with E-state index in [1.54, 1.807) is 53.4 Å². The van der Waals surface area contributed by atoms with E-state index in [0.29, 0.717) is 48.3 Å². The van der Waals surface area contributed by atoms with Gasteiger partial charge < -0.3 is 20.1 Å². The zero-order valence-corrected chi connectivity index (χ0v) is 25.7. The van der Waals surface area contributed by atoms with E-state index in [0.717, 1.165) is 16.7 Å². The lowest BCUT2D eigenvalue weighted by Crippen LogP contribution is -2.43. The van der Waals surface area contributed by atoms with Crippen molar-refractivity contribution >= 4 is 37.7 Å². The predicted molar refractivity (Wildman–Crippen MR) is 167 cm³/mol. The van der Waals surface area contributed by atoms with E-state index < -0.39 is 52.5 Å². The number of ether oxygens (including phenoxy) is 1. The first-order chi connectivity index (χ1) is 21.9. The Bertz CT molecular complexity index is 1830. The number of rotatable bonds is 8. The summed E-state index contributed by atoms with van der Waals surface area (Å²) in [6.07, 6.45) is -2.44. The highest BCUT2D eigenvalue weighted by atomic mass is 31.0. The van der Waals surface area contributed by atoms with E-state index in [1.807, 2.05) is 0 Å². The van der Waals surface area contributed by atoms with Crippen molar-refractivity contribution in [3.63, 3.8) is 0 Å². The van der Waals surface area contributed by atoms with Gasteiger partial charge in [0.15, 0.2) is 0 Å². The molecule has 2 unspecified atom stereocenters. The van der Waals surface area contributed by atoms with Crippen molar-refractivity contribution in [2.45, 2.75) is 25.2 Å². The van der Waals surface area contributed by atoms with Gasteiger partial charge in [-0.15, -0.1) is 0 Å². The summed E-state index contributed by atoms with van der Waals surface area (Å²) in [7, 11) is 2.72. The summed E-state index contributed by atoms with van der Waals surface area (Å²) in [5.41, 5.74) is 0.0773. The van der Waals surface area contributed by atoms with Crippen LogP contribution in [0.1, 0.15) is 21.5 Å². The number of carboxylic acids is 1. The maximum absolute atomic E-state index is 14.9. The van der Waals surface area contributed by atoms with Crippen molar-refractivity contribution in [3.8, 4) is 0 Å². The SMILES string of the molecule is Cn1c(=O)c2ccccc2n(Cc2cccc(CC(NC(=O)c3c(F)cc(N4CCOCC4)cc3F)C(=O)O)c2)c1=O.FC(F)P. The Kier molecular flexibility index (Phi) is 11.3. The van der Waals surface area contributed by atoms with Gasteiger partial charge in [-0.05, 0) is 35.4 Å². The summed E-state index contributed by atoms with van der Waals surface area (Å²) in [6, 6.07) is 14.1. The maximum Gasteiger partial charge on any atom is 0.331 e. The zero-order valence-electron chi connectivity index (χ0n) is 24.6. The molecule has 5 rings (SSSR count). The minimum absolute atomic E-state index is 0.0946. The minimum Gasteiger partial charge on any atom is -0.480 e. The molecule has 0 saturated carbocycles. The van der Waals surface area contributed by atoms with Crippen LogP contribution in [0.5, 0.6) is 0 Å². The second-order valence-electron chi connectivity index (χ2n) is 10.4. The maximum atomic E-state index is 14.9. The molecule has 0 spiro atoms. The number of anilines is 1. The third kappa shape index (κ3) is 8.18. The number of carboxylic acid groups (broad SMARTS) is 1. The average molecular weight is 663 g/mol. The smallest absolute Gasteiger partial charge is 0.331 e. The lowest BCUT2D eigenvalue weighted by Gasteiger charge is -2.29. The van der Waals surface area contributed by atoms with Crippen LogP contribution in [0.25, 0.3) is 10.9 Å². The standard InChI is InChI=1S/C30H28F2N4O6.CH3F2P/c1-34-28(38)21-7-2-3-8-25(21)36(30(34)41)17-19-6-4-5-18(13-19)14-24(29(39)40)33-27(37)26-22(31)15-20(16-23(26)32)35-9-11-42-12-10-35;2-1(3)4/h2-8,13,15-16,24H,9-12,14,17H2,1H3,(H,33,37)(H,39,40);1H,4H2. The molecule has 1 amide bonds. The largest absolute Gasteiger partial charge is 0.480 e. The van der Waals surface area contributed by atoms with Crippen LogP contribution in [0.15, 0.2) is 70.3 Å². The highest BCUT2D eigenvalue weighted by molar-refractivity contribution is 7.16. The molecule has 0 radical (unpaired) electrons. The highest BCUT2D eigenvalue weighted by Gasteiger charge is 2.26. The summed E-state index contributed by atoms with van der Waals surface area (Å²) < 4.78 is 58.1. The Labute approximate surface area is 262 Å². The number of para-hydroxylation sites is 1. The van der Waals surface area contributed by atoms with Crippen molar-refractivity contribution in [1.82, 2.24) is 14.5 Å². The fourth-order valence-electron chi connectivity index (χ4n) is 5.08. The molecule has 2 atom stereocenters. The summed E-state index contributed by atoms with van der Waals surface area (Å²) in [5, 5.41) is 12.4. The number of morpholine rings is 1. The molecule has 15 heteroatoms. The van der Waals surface area contributed by atoms with Gasteiger partial charge in [-0.1, -0.05) is 45.6 Å². The summed E-state index contributed by atoms with van der Waals surface area (Å²) >= 11 is 0. The molecule has 0 aliphatic carbocycles. The van der Waals surface area contributed by atoms with Crippen molar-refractivity contribution in [2.24, 2.45) is 7.05 Å². The van der Waals surface area contributed by atoms with Crippen LogP contribution in [0.4, 0.5) is 23.2 Å². The normalized spacial score (nSPS) is 13.7. The highest BCUT2D eigenvalue weighted by Crippen LogP contribution is 2.23. The van der Waals surface area contributed by atoms with Crippen LogP contribution in [-0.4, -0.2) is 64.6 Å². The Hall–Kier alpha value is -4.55. The Morgan fingerprint density at radius 2 is 1.59 bits per heavy atom. The Balaban J connectivity index is 0.00000113. The number of alkyl halides is 2. The van der Waals surface area contributed by atoms with E-state index in [9.17, 15) is 41.8 Å². The molecule has 1 saturated heterocycles. The molecule has 10 nitrogen and oxygen atoms in total. The summed E-state index contributed by atoms with van der Waals surface area (Å²) in [5.74, 6) is -4.78. The minimum atomic E-state index is -2.25. The molecule has 1 aliphatic rings. The van der Waals surface area contributed by atoms with Gasteiger partial charge in [0, 0.05) is 32.2 Å². The predicted octanol–water partition coefficient (Wildman–Crippen LogP) is 3.37. The molecule has 3 aromatic carbocycles. The van der Waals surface area contributed by atoms with E-state index in [-0.39, 0.29) is 18.7 Å². The molecule has 46 heavy (non-hydrogen) atoms. The molecule has 1 aromatic heterocycles. The fourth-order valence-corrected chi connectivity index (χ4v) is 5.08. The van der Waals surface area contributed by atoms with E-state index in [2.05, 4.69) is 5.32 Å². The number of aliphatic carboxylic acids is 1. The number of fused-ring (bicyclic) bond motifs is 1. The number of carbonyl (C=O) groups is 2. The number of hydrogen-bond acceptors (Lipinski definition) is 6. The molecule has 1 aliphatic heterocycles. The van der Waals surface area contributed by atoms with E-state index >= 15 is 0 Å². The fraction of sp³-hybridized carbons (Fsp3) is 0.290. The second kappa shape index (κ2) is 15.2. The molecule has 0 bridgehead atoms. The summed E-state index contributed by atoms with van der Waals surface area (Å²) in [6.45, 7) is 1.80. The van der Waals surface area contributed by atoms with Gasteiger partial charge in [0.05, 0.1) is 30.7 Å². The number of amides is 1. The number of carbonyl (C=O) groups excluding carboxylic acids is 1. The van der Waals surface area contributed by atoms with Gasteiger partial charge in [-0.3, -0.25) is 18.7 Å². The molecule has 4 aromatic rings. The lowest BCUT2D eigenvalue weighted by molar-refractivity contribution is -0.139. The first kappa shape index (κ1) is 34.3. The number of aromatic nitrogens is 2. The van der Waals surface area contributed by atoms with Gasteiger partial charge in [-0.25, -0.2) is 27.2 Å². The van der Waals surface area contributed by atoms with Crippen LogP contribution in [0, 0.1) is 11.6 Å². The van der Waals surface area contributed by atoms with Crippen molar-refractivity contribution in [1.29, 1.82) is 0 Å². The van der Waals surface area contributed by atoms with Crippen molar-refractivity contribution < 1.29 is 37.0 Å². The Morgan fingerprint density at radius 3 is 2.22 bits per heavy atom. The van der Waals surface area contributed by atoms with Gasteiger partial charge in [-0.2, -0.15) is 0 Å². The van der Waals surface area contributed by atoms with E-state index in [4.69, 9.17) is 4.74 Å². The van der Waals surface area contributed by atoms with Gasteiger partial charge in [0.25, 0.3) is 11.5 Å². The number of benzene rings is 3. The molecule has 1 fully saturated rings. The van der Waals surface area contributed by atoms with Crippen LogP contribution < -0.4 is 21.5 Å². The topological polar surface area (TPSA) is 123 Å². The molecule has 2 heterocycles. The average Bonchev–Trinajstić information content (AvgIpc) is 3.01. The van der Waals surface area contributed by atoms with Gasteiger partial charge in [0.2, 0.25) is 6.17 Å². The number of hydrogen-bond donors (Lipinski definition) is 2. The monoisotopic (exact) mass is 662 g/mol. The molecular formula is C31H31F4N4O6P. The van der Waals surface area contributed by atoms with Crippen LogP contribution in [0.2, 0.25) is 0 Å². The van der Waals surface area contributed by atoms with Crippen molar-refractivity contribution in [2.75, 3.05) is 31.2 Å². The van der Waals surface area contributed by atoms with E-state index in [1.165, 1.54) is 20.9 Å². The quantitative estimate of drug-likeness (QED) is 0.219. The van der Waals surface area contributed by atoms with Gasteiger partial charge >= 0.3 is 11.7 Å². The van der Waals surface area contributed by atoms with Crippen molar-refractivity contribution in [3.05, 3.63) is 110 Å². The van der Waals surface area contributed by atoms with Crippen LogP contribution in [-0.2, 0) is 29.5 Å². The first-order valence-corrected chi connectivity index (χ1v) is 14.7. The first-order valence-electron chi connectivity index (χ1n) is 14.0.